The predicted molar refractivity (Wildman–Crippen MR) is 79.0 cm³/mol. The van der Waals surface area contributed by atoms with Crippen LogP contribution in [0, 0.1) is 12.7 Å². The fourth-order valence-corrected chi connectivity index (χ4v) is 4.11. The lowest BCUT2D eigenvalue weighted by atomic mass is 10.1. The molecule has 1 aromatic rings. The van der Waals surface area contributed by atoms with E-state index in [1.165, 1.54) is 16.4 Å². The van der Waals surface area contributed by atoms with E-state index in [0.717, 1.165) is 25.3 Å². The van der Waals surface area contributed by atoms with Crippen molar-refractivity contribution in [3.8, 4) is 0 Å². The van der Waals surface area contributed by atoms with Gasteiger partial charge in [-0.25, -0.2) is 12.8 Å². The Morgan fingerprint density at radius 3 is 2.70 bits per heavy atom. The number of nitrogens with two attached hydrogens (primary N) is 1. The van der Waals surface area contributed by atoms with E-state index in [9.17, 15) is 12.8 Å². The molecule has 2 rings (SSSR count). The van der Waals surface area contributed by atoms with Crippen LogP contribution in [0.15, 0.2) is 23.1 Å². The van der Waals surface area contributed by atoms with Gasteiger partial charge in [0.2, 0.25) is 10.0 Å². The van der Waals surface area contributed by atoms with Crippen LogP contribution < -0.4 is 5.73 Å². The Morgan fingerprint density at radius 1 is 1.40 bits per heavy atom. The summed E-state index contributed by atoms with van der Waals surface area (Å²) in [5.41, 5.74) is 6.08. The molecule has 7 heteroatoms. The van der Waals surface area contributed by atoms with Gasteiger partial charge in [0.25, 0.3) is 0 Å². The topological polar surface area (TPSA) is 63.4 Å². The van der Waals surface area contributed by atoms with Gasteiger partial charge in [0, 0.05) is 19.1 Å². The van der Waals surface area contributed by atoms with Crippen LogP contribution in [0.25, 0.3) is 0 Å². The fourth-order valence-electron chi connectivity index (χ4n) is 2.40. The molecule has 0 saturated carbocycles. The highest BCUT2D eigenvalue weighted by Gasteiger charge is 2.32. The standard InChI is InChI=1S/C13H19FN2O2S.ClH/c1-10-5-6-12(8-13(10)14)19(17,18)16-7-3-2-4-11(16)9-15;/h5-6,8,11H,2-4,7,9,15H2,1H3;1H. The molecule has 114 valence electrons. The van der Waals surface area contributed by atoms with Gasteiger partial charge >= 0.3 is 0 Å². The Bertz CT molecular complexity index is 565. The third-order valence-electron chi connectivity index (χ3n) is 3.60. The normalized spacial score (nSPS) is 20.4. The van der Waals surface area contributed by atoms with Crippen molar-refractivity contribution in [2.45, 2.75) is 37.1 Å². The summed E-state index contributed by atoms with van der Waals surface area (Å²) >= 11 is 0. The number of hydrogen-bond donors (Lipinski definition) is 1. The van der Waals surface area contributed by atoms with Gasteiger partial charge in [0.15, 0.2) is 0 Å². The average molecular weight is 323 g/mol. The molecule has 4 nitrogen and oxygen atoms in total. The van der Waals surface area contributed by atoms with Gasteiger partial charge in [-0.1, -0.05) is 12.5 Å². The minimum atomic E-state index is -3.65. The molecule has 0 aromatic heterocycles. The van der Waals surface area contributed by atoms with Crippen LogP contribution in [0.3, 0.4) is 0 Å². The smallest absolute Gasteiger partial charge is 0.243 e. The lowest BCUT2D eigenvalue weighted by molar-refractivity contribution is 0.257. The van der Waals surface area contributed by atoms with Gasteiger partial charge in [0.05, 0.1) is 4.90 Å². The molecule has 0 radical (unpaired) electrons. The summed E-state index contributed by atoms with van der Waals surface area (Å²) in [4.78, 5) is 0.0101. The summed E-state index contributed by atoms with van der Waals surface area (Å²) in [6.45, 7) is 2.36. The van der Waals surface area contributed by atoms with Gasteiger partial charge in [0.1, 0.15) is 5.82 Å². The van der Waals surface area contributed by atoms with Gasteiger partial charge in [-0.15, -0.1) is 12.4 Å². The molecule has 1 heterocycles. The number of benzene rings is 1. The zero-order valence-electron chi connectivity index (χ0n) is 11.4. The van der Waals surface area contributed by atoms with E-state index in [2.05, 4.69) is 0 Å². The quantitative estimate of drug-likeness (QED) is 0.926. The molecule has 0 spiro atoms. The maximum Gasteiger partial charge on any atom is 0.243 e. The molecule has 0 amide bonds. The molecule has 20 heavy (non-hydrogen) atoms. The van der Waals surface area contributed by atoms with Crippen molar-refractivity contribution in [1.29, 1.82) is 0 Å². The molecule has 0 bridgehead atoms. The van der Waals surface area contributed by atoms with E-state index in [-0.39, 0.29) is 23.3 Å². The number of halogens is 2. The first-order valence-electron chi connectivity index (χ1n) is 6.45. The third-order valence-corrected chi connectivity index (χ3v) is 5.54. The second-order valence-corrected chi connectivity index (χ2v) is 6.80. The van der Waals surface area contributed by atoms with Crippen LogP contribution in [0.4, 0.5) is 4.39 Å². The van der Waals surface area contributed by atoms with E-state index in [1.807, 2.05) is 0 Å². The van der Waals surface area contributed by atoms with Crippen molar-refractivity contribution >= 4 is 22.4 Å². The van der Waals surface area contributed by atoms with Crippen LogP contribution in [0.1, 0.15) is 24.8 Å². The molecule has 1 saturated heterocycles. The van der Waals surface area contributed by atoms with E-state index >= 15 is 0 Å². The monoisotopic (exact) mass is 322 g/mol. The fraction of sp³-hybridized carbons (Fsp3) is 0.538. The van der Waals surface area contributed by atoms with Crippen molar-refractivity contribution in [3.63, 3.8) is 0 Å². The Labute approximate surface area is 125 Å². The maximum atomic E-state index is 13.5. The van der Waals surface area contributed by atoms with E-state index in [1.54, 1.807) is 6.92 Å². The number of rotatable bonds is 3. The first kappa shape index (κ1) is 17.4. The minimum Gasteiger partial charge on any atom is -0.329 e. The van der Waals surface area contributed by atoms with Crippen molar-refractivity contribution in [3.05, 3.63) is 29.6 Å². The largest absolute Gasteiger partial charge is 0.329 e. The predicted octanol–water partition coefficient (Wildman–Crippen LogP) is 2.06. The summed E-state index contributed by atoms with van der Waals surface area (Å²) < 4.78 is 40.0. The summed E-state index contributed by atoms with van der Waals surface area (Å²) in [7, 11) is -3.65. The van der Waals surface area contributed by atoms with Crippen LogP contribution in [0.5, 0.6) is 0 Å². The highest BCUT2D eigenvalue weighted by Crippen LogP contribution is 2.25. The molecular weight excluding hydrogens is 303 g/mol. The Morgan fingerprint density at radius 2 is 2.10 bits per heavy atom. The average Bonchev–Trinajstić information content (AvgIpc) is 2.41. The number of piperidine rings is 1. The van der Waals surface area contributed by atoms with E-state index < -0.39 is 15.8 Å². The third kappa shape index (κ3) is 3.31. The van der Waals surface area contributed by atoms with E-state index in [4.69, 9.17) is 5.73 Å². The molecule has 1 unspecified atom stereocenters. The van der Waals surface area contributed by atoms with Gasteiger partial charge in [-0.3, -0.25) is 0 Å². The van der Waals surface area contributed by atoms with Crippen molar-refractivity contribution < 1.29 is 12.8 Å². The van der Waals surface area contributed by atoms with Crippen LogP contribution in [-0.2, 0) is 10.0 Å². The highest BCUT2D eigenvalue weighted by atomic mass is 35.5. The molecular formula is C13H20ClFN2O2S. The highest BCUT2D eigenvalue weighted by molar-refractivity contribution is 7.89. The van der Waals surface area contributed by atoms with Gasteiger partial charge < -0.3 is 5.73 Å². The molecule has 1 aromatic carbocycles. The van der Waals surface area contributed by atoms with Crippen LogP contribution in [0.2, 0.25) is 0 Å². The molecule has 1 aliphatic heterocycles. The summed E-state index contributed by atoms with van der Waals surface area (Å²) in [6.07, 6.45) is 2.57. The van der Waals surface area contributed by atoms with Crippen LogP contribution >= 0.6 is 12.4 Å². The number of hydrogen-bond acceptors (Lipinski definition) is 3. The summed E-state index contributed by atoms with van der Waals surface area (Å²) in [6, 6.07) is 3.86. The number of nitrogens with zero attached hydrogens (tertiary/aromatic N) is 1. The maximum absolute atomic E-state index is 13.5. The number of sulfonamides is 1. The van der Waals surface area contributed by atoms with Crippen LogP contribution in [-0.4, -0.2) is 31.9 Å². The Hall–Kier alpha value is -0.690. The molecule has 0 aliphatic carbocycles. The Kier molecular flexibility index (Phi) is 5.94. The summed E-state index contributed by atoms with van der Waals surface area (Å²) in [5.74, 6) is -0.498. The molecule has 1 aliphatic rings. The van der Waals surface area contributed by atoms with Crippen molar-refractivity contribution in [1.82, 2.24) is 4.31 Å². The zero-order valence-corrected chi connectivity index (χ0v) is 13.0. The van der Waals surface area contributed by atoms with Gasteiger partial charge in [-0.2, -0.15) is 4.31 Å². The van der Waals surface area contributed by atoms with Crippen molar-refractivity contribution in [2.75, 3.05) is 13.1 Å². The molecule has 1 fully saturated rings. The number of aryl methyl sites for hydroxylation is 1. The van der Waals surface area contributed by atoms with Crippen molar-refractivity contribution in [2.24, 2.45) is 5.73 Å². The second kappa shape index (κ2) is 6.85. The van der Waals surface area contributed by atoms with Gasteiger partial charge in [-0.05, 0) is 37.5 Å². The first-order valence-corrected chi connectivity index (χ1v) is 7.89. The molecule has 1 atom stereocenters. The van der Waals surface area contributed by atoms with E-state index in [0.29, 0.717) is 18.7 Å². The zero-order chi connectivity index (χ0) is 14.0. The summed E-state index contributed by atoms with van der Waals surface area (Å²) in [5, 5.41) is 0. The lowest BCUT2D eigenvalue weighted by Gasteiger charge is -2.33. The minimum absolute atomic E-state index is 0. The lowest BCUT2D eigenvalue weighted by Crippen LogP contribution is -2.47. The Balaban J connectivity index is 0.00000200. The first-order chi connectivity index (χ1) is 8.96. The second-order valence-electron chi connectivity index (χ2n) is 4.91. The molecule has 2 N–H and O–H groups in total. The SMILES string of the molecule is Cc1ccc(S(=O)(=O)N2CCCCC2CN)cc1F.Cl.